The summed E-state index contributed by atoms with van der Waals surface area (Å²) in [4.78, 5) is 25.4. The lowest BCUT2D eigenvalue weighted by Crippen LogP contribution is -2.44. The predicted octanol–water partition coefficient (Wildman–Crippen LogP) is 1.94. The maximum Gasteiger partial charge on any atom is 0.407 e. The molecule has 1 aliphatic rings. The van der Waals surface area contributed by atoms with Gasteiger partial charge in [0, 0.05) is 26.1 Å². The van der Waals surface area contributed by atoms with Crippen molar-refractivity contribution in [2.75, 3.05) is 26.2 Å². The number of carbonyl (C=O) groups excluding carboxylic acids is 2. The summed E-state index contributed by atoms with van der Waals surface area (Å²) < 4.78 is 10.5. The number of morpholine rings is 1. The van der Waals surface area contributed by atoms with Gasteiger partial charge in [-0.3, -0.25) is 4.79 Å². The highest BCUT2D eigenvalue weighted by molar-refractivity contribution is 5.76. The summed E-state index contributed by atoms with van der Waals surface area (Å²) in [7, 11) is 0. The van der Waals surface area contributed by atoms with Crippen LogP contribution >= 0.6 is 0 Å². The lowest BCUT2D eigenvalue weighted by atomic mass is 10.2. The van der Waals surface area contributed by atoms with Crippen LogP contribution in [0.15, 0.2) is 30.3 Å². The van der Waals surface area contributed by atoms with Gasteiger partial charge in [0.1, 0.15) is 6.61 Å². The molecule has 1 saturated heterocycles. The van der Waals surface area contributed by atoms with E-state index >= 15 is 0 Å². The number of hydrogen-bond donors (Lipinski definition) is 1. The maximum absolute atomic E-state index is 12.0. The van der Waals surface area contributed by atoms with Gasteiger partial charge in [-0.1, -0.05) is 30.3 Å². The van der Waals surface area contributed by atoms with Crippen molar-refractivity contribution >= 4 is 12.0 Å². The Hall–Kier alpha value is -2.08. The molecule has 1 aromatic carbocycles. The van der Waals surface area contributed by atoms with Crippen LogP contribution in [-0.2, 0) is 20.9 Å². The smallest absolute Gasteiger partial charge is 0.407 e. The molecule has 2 amide bonds. The van der Waals surface area contributed by atoms with Gasteiger partial charge >= 0.3 is 6.09 Å². The van der Waals surface area contributed by atoms with Gasteiger partial charge in [0.15, 0.2) is 0 Å². The fourth-order valence-corrected chi connectivity index (χ4v) is 2.41. The minimum atomic E-state index is -0.457. The number of benzene rings is 1. The molecule has 1 aromatic rings. The van der Waals surface area contributed by atoms with Crippen LogP contribution < -0.4 is 5.32 Å². The lowest BCUT2D eigenvalue weighted by molar-refractivity contribution is -0.138. The van der Waals surface area contributed by atoms with E-state index < -0.39 is 6.09 Å². The molecule has 0 aliphatic carbocycles. The topological polar surface area (TPSA) is 67.9 Å². The third kappa shape index (κ3) is 6.28. The van der Waals surface area contributed by atoms with Gasteiger partial charge in [-0.2, -0.15) is 0 Å². The SMILES string of the molecule is CC1CN(C(=O)CCCNC(=O)OCc2ccccc2)CCO1. The van der Waals surface area contributed by atoms with Gasteiger partial charge in [-0.25, -0.2) is 4.79 Å². The first-order valence-electron chi connectivity index (χ1n) is 7.99. The average Bonchev–Trinajstić information content (AvgIpc) is 2.57. The monoisotopic (exact) mass is 320 g/mol. The van der Waals surface area contributed by atoms with Crippen molar-refractivity contribution in [3.8, 4) is 0 Å². The molecule has 6 heteroatoms. The fourth-order valence-electron chi connectivity index (χ4n) is 2.41. The molecule has 0 bridgehead atoms. The molecule has 2 rings (SSSR count). The molecule has 1 atom stereocenters. The lowest BCUT2D eigenvalue weighted by Gasteiger charge is -2.31. The van der Waals surface area contributed by atoms with E-state index in [0.717, 1.165) is 5.56 Å². The average molecular weight is 320 g/mol. The van der Waals surface area contributed by atoms with Crippen LogP contribution in [0.1, 0.15) is 25.3 Å². The Bertz CT molecular complexity index is 507. The molecule has 1 fully saturated rings. The summed E-state index contributed by atoms with van der Waals surface area (Å²) >= 11 is 0. The minimum absolute atomic E-state index is 0.0961. The Morgan fingerprint density at radius 1 is 1.35 bits per heavy atom. The fraction of sp³-hybridized carbons (Fsp3) is 0.529. The standard InChI is InChI=1S/C17H24N2O4/c1-14-12-19(10-11-22-14)16(20)8-5-9-18-17(21)23-13-15-6-3-2-4-7-15/h2-4,6-7,14H,5,8-13H2,1H3,(H,18,21). The molecule has 0 saturated carbocycles. The van der Waals surface area contributed by atoms with Crippen molar-refractivity contribution in [2.45, 2.75) is 32.5 Å². The molecule has 6 nitrogen and oxygen atoms in total. The second-order valence-corrected chi connectivity index (χ2v) is 5.61. The summed E-state index contributed by atoms with van der Waals surface area (Å²) in [6.45, 7) is 4.53. The number of rotatable bonds is 6. The zero-order valence-electron chi connectivity index (χ0n) is 13.5. The van der Waals surface area contributed by atoms with E-state index in [0.29, 0.717) is 39.1 Å². The van der Waals surface area contributed by atoms with E-state index in [1.165, 1.54) is 0 Å². The number of carbonyl (C=O) groups is 2. The van der Waals surface area contributed by atoms with Crippen molar-refractivity contribution in [1.29, 1.82) is 0 Å². The molecule has 1 unspecified atom stereocenters. The first-order chi connectivity index (χ1) is 11.1. The Kier molecular flexibility index (Phi) is 6.87. The molecule has 23 heavy (non-hydrogen) atoms. The van der Waals surface area contributed by atoms with Crippen molar-refractivity contribution in [3.05, 3.63) is 35.9 Å². The highest BCUT2D eigenvalue weighted by Gasteiger charge is 2.20. The molecule has 0 aromatic heterocycles. The third-order valence-corrected chi connectivity index (χ3v) is 3.64. The van der Waals surface area contributed by atoms with Gasteiger partial charge < -0.3 is 19.7 Å². The predicted molar refractivity (Wildman–Crippen MR) is 85.9 cm³/mol. The van der Waals surface area contributed by atoms with E-state index in [4.69, 9.17) is 9.47 Å². The Balaban J connectivity index is 1.56. The molecule has 1 N–H and O–H groups in total. The van der Waals surface area contributed by atoms with Crippen molar-refractivity contribution in [1.82, 2.24) is 10.2 Å². The summed E-state index contributed by atoms with van der Waals surface area (Å²) in [6, 6.07) is 9.50. The zero-order valence-corrected chi connectivity index (χ0v) is 13.5. The van der Waals surface area contributed by atoms with Crippen LogP contribution in [0.4, 0.5) is 4.79 Å². The van der Waals surface area contributed by atoms with E-state index in [2.05, 4.69) is 5.32 Å². The van der Waals surface area contributed by atoms with Crippen LogP contribution in [0, 0.1) is 0 Å². The summed E-state index contributed by atoms with van der Waals surface area (Å²) in [6.07, 6.45) is 0.663. The number of amides is 2. The molecular formula is C17H24N2O4. The second-order valence-electron chi connectivity index (χ2n) is 5.61. The Morgan fingerprint density at radius 2 is 2.13 bits per heavy atom. The third-order valence-electron chi connectivity index (χ3n) is 3.64. The van der Waals surface area contributed by atoms with E-state index in [-0.39, 0.29) is 18.6 Å². The minimum Gasteiger partial charge on any atom is -0.445 e. The number of alkyl carbamates (subject to hydrolysis) is 1. The molecule has 0 radical (unpaired) electrons. The summed E-state index contributed by atoms with van der Waals surface area (Å²) in [5.41, 5.74) is 0.944. The van der Waals surface area contributed by atoms with Crippen LogP contribution in [0.25, 0.3) is 0 Å². The molecule has 0 spiro atoms. The molecule has 126 valence electrons. The number of hydrogen-bond acceptors (Lipinski definition) is 4. The second kappa shape index (κ2) is 9.15. The van der Waals surface area contributed by atoms with Crippen LogP contribution in [0.3, 0.4) is 0 Å². The van der Waals surface area contributed by atoms with E-state index in [1.54, 1.807) is 0 Å². The number of nitrogens with one attached hydrogen (secondary N) is 1. The van der Waals surface area contributed by atoms with Gasteiger partial charge in [0.2, 0.25) is 5.91 Å². The molecule has 1 heterocycles. The van der Waals surface area contributed by atoms with Crippen molar-refractivity contribution < 1.29 is 19.1 Å². The van der Waals surface area contributed by atoms with Gasteiger partial charge in [0.05, 0.1) is 12.7 Å². The van der Waals surface area contributed by atoms with Gasteiger partial charge in [0.25, 0.3) is 0 Å². The molecule has 1 aliphatic heterocycles. The first-order valence-corrected chi connectivity index (χ1v) is 7.99. The highest BCUT2D eigenvalue weighted by atomic mass is 16.5. The van der Waals surface area contributed by atoms with Crippen LogP contribution in [-0.4, -0.2) is 49.2 Å². The van der Waals surface area contributed by atoms with Gasteiger partial charge in [-0.15, -0.1) is 0 Å². The van der Waals surface area contributed by atoms with Crippen molar-refractivity contribution in [3.63, 3.8) is 0 Å². The zero-order chi connectivity index (χ0) is 16.5. The largest absolute Gasteiger partial charge is 0.445 e. The van der Waals surface area contributed by atoms with Crippen molar-refractivity contribution in [2.24, 2.45) is 0 Å². The number of ether oxygens (including phenoxy) is 2. The highest BCUT2D eigenvalue weighted by Crippen LogP contribution is 2.07. The molecular weight excluding hydrogens is 296 g/mol. The van der Waals surface area contributed by atoms with Gasteiger partial charge in [-0.05, 0) is 18.9 Å². The van der Waals surface area contributed by atoms with E-state index in [9.17, 15) is 9.59 Å². The van der Waals surface area contributed by atoms with Crippen LogP contribution in [0.5, 0.6) is 0 Å². The first kappa shape index (κ1) is 17.3. The Labute approximate surface area is 136 Å². The Morgan fingerprint density at radius 3 is 2.87 bits per heavy atom. The van der Waals surface area contributed by atoms with E-state index in [1.807, 2.05) is 42.2 Å². The normalized spacial score (nSPS) is 17.6. The summed E-state index contributed by atoms with van der Waals surface area (Å²) in [5.74, 6) is 0.111. The maximum atomic E-state index is 12.0. The number of nitrogens with zero attached hydrogens (tertiary/aromatic N) is 1. The van der Waals surface area contributed by atoms with Crippen LogP contribution in [0.2, 0.25) is 0 Å². The quantitative estimate of drug-likeness (QED) is 0.813. The summed E-state index contributed by atoms with van der Waals surface area (Å²) in [5, 5.41) is 2.66.